The van der Waals surface area contributed by atoms with E-state index in [1.165, 1.54) is 56.6 Å². The van der Waals surface area contributed by atoms with Crippen molar-refractivity contribution in [3.8, 4) is 0 Å². The second kappa shape index (κ2) is 9.74. The average molecular weight is 337 g/mol. The van der Waals surface area contributed by atoms with Crippen LogP contribution in [0.5, 0.6) is 0 Å². The zero-order valence-electron chi connectivity index (χ0n) is 15.6. The van der Waals surface area contributed by atoms with Crippen LogP contribution in [0.15, 0.2) is 60.7 Å². The molecule has 3 rings (SSSR count). The van der Waals surface area contributed by atoms with Gasteiger partial charge in [-0.3, -0.25) is 4.90 Å². The molecule has 0 aliphatic carbocycles. The van der Waals surface area contributed by atoms with Crippen LogP contribution < -0.4 is 0 Å². The van der Waals surface area contributed by atoms with Crippen molar-refractivity contribution in [3.05, 3.63) is 71.8 Å². The fourth-order valence-electron chi connectivity index (χ4n) is 3.88. The highest BCUT2D eigenvalue weighted by Gasteiger charge is 2.25. The Morgan fingerprint density at radius 3 is 2.24 bits per heavy atom. The molecule has 0 bridgehead atoms. The SMILES string of the molecule is CCCCN1CCCN(Cc2ccccc2)[C@@H](Cc2ccccc2)C1. The van der Waals surface area contributed by atoms with Crippen LogP contribution in [0.4, 0.5) is 0 Å². The predicted octanol–water partition coefficient (Wildman–Crippen LogP) is 4.61. The Hall–Kier alpha value is -1.64. The Morgan fingerprint density at radius 2 is 1.56 bits per heavy atom. The lowest BCUT2D eigenvalue weighted by Crippen LogP contribution is -2.42. The molecule has 2 heteroatoms. The Labute approximate surface area is 153 Å². The van der Waals surface area contributed by atoms with E-state index in [-0.39, 0.29) is 0 Å². The fraction of sp³-hybridized carbons (Fsp3) is 0.478. The molecule has 1 aliphatic rings. The molecule has 25 heavy (non-hydrogen) atoms. The second-order valence-electron chi connectivity index (χ2n) is 7.31. The van der Waals surface area contributed by atoms with Crippen LogP contribution in [0.25, 0.3) is 0 Å². The van der Waals surface area contributed by atoms with Gasteiger partial charge in [0.15, 0.2) is 0 Å². The molecule has 0 spiro atoms. The third kappa shape index (κ3) is 5.69. The fourth-order valence-corrected chi connectivity index (χ4v) is 3.88. The van der Waals surface area contributed by atoms with Crippen molar-refractivity contribution >= 4 is 0 Å². The topological polar surface area (TPSA) is 6.48 Å². The minimum Gasteiger partial charge on any atom is -0.302 e. The number of hydrogen-bond donors (Lipinski definition) is 0. The Balaban J connectivity index is 1.73. The summed E-state index contributed by atoms with van der Waals surface area (Å²) < 4.78 is 0. The summed E-state index contributed by atoms with van der Waals surface area (Å²) in [6.07, 6.45) is 5.03. The molecule has 0 radical (unpaired) electrons. The van der Waals surface area contributed by atoms with Crippen LogP contribution in [-0.2, 0) is 13.0 Å². The van der Waals surface area contributed by atoms with E-state index in [2.05, 4.69) is 77.4 Å². The highest BCUT2D eigenvalue weighted by atomic mass is 15.2. The van der Waals surface area contributed by atoms with Crippen LogP contribution in [0.1, 0.15) is 37.3 Å². The minimum absolute atomic E-state index is 0.599. The molecule has 0 saturated carbocycles. The van der Waals surface area contributed by atoms with Gasteiger partial charge in [-0.2, -0.15) is 0 Å². The van der Waals surface area contributed by atoms with Crippen LogP contribution in [-0.4, -0.2) is 42.0 Å². The molecule has 1 atom stereocenters. The molecule has 0 unspecified atom stereocenters. The average Bonchev–Trinajstić information content (AvgIpc) is 2.84. The van der Waals surface area contributed by atoms with E-state index in [0.717, 1.165) is 13.0 Å². The van der Waals surface area contributed by atoms with Crippen molar-refractivity contribution in [3.63, 3.8) is 0 Å². The molecule has 2 nitrogen and oxygen atoms in total. The molecule has 0 amide bonds. The molecule has 1 fully saturated rings. The van der Waals surface area contributed by atoms with E-state index < -0.39 is 0 Å². The van der Waals surface area contributed by atoms with Gasteiger partial charge in [0, 0.05) is 25.7 Å². The first-order valence-corrected chi connectivity index (χ1v) is 9.89. The van der Waals surface area contributed by atoms with Crippen LogP contribution in [0.2, 0.25) is 0 Å². The maximum Gasteiger partial charge on any atom is 0.0267 e. The maximum atomic E-state index is 2.72. The summed E-state index contributed by atoms with van der Waals surface area (Å²) in [5.74, 6) is 0. The first-order chi connectivity index (χ1) is 12.3. The molecule has 2 aromatic rings. The van der Waals surface area contributed by atoms with Gasteiger partial charge in [-0.15, -0.1) is 0 Å². The first kappa shape index (κ1) is 18.2. The van der Waals surface area contributed by atoms with Crippen molar-refractivity contribution in [2.24, 2.45) is 0 Å². The van der Waals surface area contributed by atoms with Crippen molar-refractivity contribution in [1.82, 2.24) is 9.80 Å². The summed E-state index contributed by atoms with van der Waals surface area (Å²) >= 11 is 0. The van der Waals surface area contributed by atoms with Gasteiger partial charge in [0.1, 0.15) is 0 Å². The van der Waals surface area contributed by atoms with Gasteiger partial charge >= 0.3 is 0 Å². The standard InChI is InChI=1S/C23H32N2/c1-2-3-15-24-16-10-17-25(19-22-13-8-5-9-14-22)23(20-24)18-21-11-6-4-7-12-21/h4-9,11-14,23H,2-3,10,15-20H2,1H3/t23-/m0/s1. The number of unbranched alkanes of at least 4 members (excludes halogenated alkanes) is 1. The van der Waals surface area contributed by atoms with Gasteiger partial charge in [-0.1, -0.05) is 74.0 Å². The van der Waals surface area contributed by atoms with Gasteiger partial charge in [-0.05, 0) is 43.5 Å². The summed E-state index contributed by atoms with van der Waals surface area (Å²) in [7, 11) is 0. The lowest BCUT2D eigenvalue weighted by Gasteiger charge is -2.32. The van der Waals surface area contributed by atoms with Crippen LogP contribution in [0.3, 0.4) is 0 Å². The van der Waals surface area contributed by atoms with Gasteiger partial charge in [0.2, 0.25) is 0 Å². The zero-order chi connectivity index (χ0) is 17.3. The number of benzene rings is 2. The molecule has 1 aliphatic heterocycles. The molecular formula is C23H32N2. The summed E-state index contributed by atoms with van der Waals surface area (Å²) in [5.41, 5.74) is 2.89. The monoisotopic (exact) mass is 336 g/mol. The molecule has 1 saturated heterocycles. The predicted molar refractivity (Wildman–Crippen MR) is 107 cm³/mol. The van der Waals surface area contributed by atoms with Crippen molar-refractivity contribution in [2.45, 2.75) is 45.2 Å². The minimum atomic E-state index is 0.599. The first-order valence-electron chi connectivity index (χ1n) is 9.89. The van der Waals surface area contributed by atoms with Gasteiger partial charge in [0.25, 0.3) is 0 Å². The maximum absolute atomic E-state index is 2.72. The Morgan fingerprint density at radius 1 is 0.880 bits per heavy atom. The number of hydrogen-bond acceptors (Lipinski definition) is 2. The summed E-state index contributed by atoms with van der Waals surface area (Å²) in [6, 6.07) is 22.6. The molecule has 0 N–H and O–H groups in total. The summed E-state index contributed by atoms with van der Waals surface area (Å²) in [5, 5.41) is 0. The molecular weight excluding hydrogens is 304 g/mol. The third-order valence-corrected chi connectivity index (χ3v) is 5.28. The van der Waals surface area contributed by atoms with Crippen molar-refractivity contribution in [2.75, 3.05) is 26.2 Å². The molecule has 1 heterocycles. The van der Waals surface area contributed by atoms with E-state index in [9.17, 15) is 0 Å². The normalized spacial score (nSPS) is 19.6. The highest BCUT2D eigenvalue weighted by Crippen LogP contribution is 2.18. The smallest absolute Gasteiger partial charge is 0.0267 e. The van der Waals surface area contributed by atoms with Crippen LogP contribution in [0, 0.1) is 0 Å². The second-order valence-corrected chi connectivity index (χ2v) is 7.31. The van der Waals surface area contributed by atoms with E-state index in [1.54, 1.807) is 0 Å². The lowest BCUT2D eigenvalue weighted by molar-refractivity contribution is 0.169. The number of nitrogens with zero attached hydrogens (tertiary/aromatic N) is 2. The van der Waals surface area contributed by atoms with E-state index in [1.807, 2.05) is 0 Å². The molecule has 134 valence electrons. The van der Waals surface area contributed by atoms with Gasteiger partial charge in [-0.25, -0.2) is 0 Å². The molecule has 0 aromatic heterocycles. The quantitative estimate of drug-likeness (QED) is 0.729. The van der Waals surface area contributed by atoms with E-state index in [4.69, 9.17) is 0 Å². The van der Waals surface area contributed by atoms with Crippen molar-refractivity contribution in [1.29, 1.82) is 0 Å². The zero-order valence-corrected chi connectivity index (χ0v) is 15.6. The molecule has 2 aromatic carbocycles. The Kier molecular flexibility index (Phi) is 7.08. The number of rotatable bonds is 7. The van der Waals surface area contributed by atoms with Gasteiger partial charge < -0.3 is 4.90 Å². The highest BCUT2D eigenvalue weighted by molar-refractivity contribution is 5.18. The summed E-state index contributed by atoms with van der Waals surface area (Å²) in [4.78, 5) is 5.41. The van der Waals surface area contributed by atoms with Crippen molar-refractivity contribution < 1.29 is 0 Å². The largest absolute Gasteiger partial charge is 0.302 e. The third-order valence-electron chi connectivity index (χ3n) is 5.28. The lowest BCUT2D eigenvalue weighted by atomic mass is 10.0. The Bertz CT molecular complexity index is 596. The van der Waals surface area contributed by atoms with Gasteiger partial charge in [0.05, 0.1) is 0 Å². The van der Waals surface area contributed by atoms with E-state index >= 15 is 0 Å². The summed E-state index contributed by atoms with van der Waals surface area (Å²) in [6.45, 7) is 8.26. The van der Waals surface area contributed by atoms with Crippen LogP contribution >= 0.6 is 0 Å². The van der Waals surface area contributed by atoms with E-state index in [0.29, 0.717) is 6.04 Å².